The van der Waals surface area contributed by atoms with Gasteiger partial charge in [-0.25, -0.2) is 0 Å². The number of esters is 3. The maximum Gasteiger partial charge on any atom is 0.335 e. The number of nitrogens with zero attached hydrogens (tertiary/aromatic N) is 2. The van der Waals surface area contributed by atoms with Crippen molar-refractivity contribution in [1.29, 1.82) is 0 Å². The first kappa shape index (κ1) is 23.4. The highest BCUT2D eigenvalue weighted by Crippen LogP contribution is 2.29. The van der Waals surface area contributed by atoms with Crippen LogP contribution in [0.4, 0.5) is 0 Å². The monoisotopic (exact) mass is 436 g/mol. The molecule has 162 valence electrons. The van der Waals surface area contributed by atoms with Gasteiger partial charge in [-0.15, -0.1) is 0 Å². The number of hydrogen-bond acceptors (Lipinski definition) is 7. The van der Waals surface area contributed by atoms with Crippen LogP contribution in [-0.4, -0.2) is 47.5 Å². The Balaban J connectivity index is 2.35. The van der Waals surface area contributed by atoms with E-state index in [1.807, 2.05) is 12.1 Å². The van der Waals surface area contributed by atoms with Crippen LogP contribution in [0.3, 0.4) is 0 Å². The fourth-order valence-electron chi connectivity index (χ4n) is 2.90. The molecule has 0 amide bonds. The van der Waals surface area contributed by atoms with Gasteiger partial charge in [0.1, 0.15) is 0 Å². The highest BCUT2D eigenvalue weighted by molar-refractivity contribution is 6.30. The minimum atomic E-state index is -2.25. The molecule has 0 aliphatic carbocycles. The molecule has 0 saturated heterocycles. The Morgan fingerprint density at radius 1 is 0.900 bits per heavy atom. The van der Waals surface area contributed by atoms with E-state index in [0.29, 0.717) is 17.1 Å². The van der Waals surface area contributed by atoms with Gasteiger partial charge in [0.15, 0.2) is 0 Å². The third-order valence-electron chi connectivity index (χ3n) is 4.29. The van der Waals surface area contributed by atoms with Crippen LogP contribution in [0.25, 0.3) is 0 Å². The first-order chi connectivity index (χ1) is 14.4. The van der Waals surface area contributed by atoms with Gasteiger partial charge in [0.2, 0.25) is 0 Å². The molecule has 0 atom stereocenters. The lowest BCUT2D eigenvalue weighted by Gasteiger charge is -2.26. The third-order valence-corrected chi connectivity index (χ3v) is 4.54. The molecule has 0 fully saturated rings. The Bertz CT molecular complexity index is 832. The number of benzene rings is 1. The number of hydrogen-bond donors (Lipinski definition) is 0. The van der Waals surface area contributed by atoms with Crippen LogP contribution in [0.1, 0.15) is 31.9 Å². The molecule has 8 nitrogen and oxygen atoms in total. The van der Waals surface area contributed by atoms with Crippen molar-refractivity contribution in [3.63, 3.8) is 0 Å². The first-order valence-corrected chi connectivity index (χ1v) is 10.0. The number of rotatable bonds is 10. The number of ether oxygens (including phenoxy) is 3. The molecule has 0 bridgehead atoms. The summed E-state index contributed by atoms with van der Waals surface area (Å²) in [7, 11) is 0. The molecule has 0 unspecified atom stereocenters. The summed E-state index contributed by atoms with van der Waals surface area (Å²) in [4.78, 5) is 38.3. The van der Waals surface area contributed by atoms with Crippen LogP contribution in [-0.2, 0) is 41.6 Å². The molecular formula is C21H25ClN2O6. The quantitative estimate of drug-likeness (QED) is 0.321. The number of aromatic nitrogens is 2. The summed E-state index contributed by atoms with van der Waals surface area (Å²) < 4.78 is 16.8. The van der Waals surface area contributed by atoms with Gasteiger partial charge in [-0.2, -0.15) is 5.10 Å². The minimum Gasteiger partial charge on any atom is -0.465 e. The van der Waals surface area contributed by atoms with E-state index in [0.717, 1.165) is 5.56 Å². The fraction of sp³-hybridized carbons (Fsp3) is 0.429. The van der Waals surface area contributed by atoms with Crippen molar-refractivity contribution >= 4 is 29.5 Å². The van der Waals surface area contributed by atoms with Gasteiger partial charge in [-0.3, -0.25) is 19.1 Å². The zero-order valence-electron chi connectivity index (χ0n) is 17.2. The van der Waals surface area contributed by atoms with E-state index >= 15 is 0 Å². The second-order valence-corrected chi connectivity index (χ2v) is 6.85. The number of carbonyl (C=O) groups is 3. The smallest absolute Gasteiger partial charge is 0.335 e. The average molecular weight is 437 g/mol. The standard InChI is InChI=1S/C21H25ClN2O6/c1-4-28-18(25)21(19(26)29-5-2,20(27)30-6-3)11-16-12-23-24(14-16)13-15-7-9-17(22)10-8-15/h7-10,12,14H,4-6,11,13H2,1-3H3. The molecule has 9 heteroatoms. The van der Waals surface area contributed by atoms with Crippen LogP contribution in [0, 0.1) is 5.41 Å². The van der Waals surface area contributed by atoms with Gasteiger partial charge in [0, 0.05) is 17.6 Å². The maximum absolute atomic E-state index is 12.8. The van der Waals surface area contributed by atoms with Crippen LogP contribution >= 0.6 is 11.6 Å². The van der Waals surface area contributed by atoms with E-state index in [2.05, 4.69) is 5.10 Å². The maximum atomic E-state index is 12.8. The molecule has 1 aromatic heterocycles. The summed E-state index contributed by atoms with van der Waals surface area (Å²) in [5.74, 6) is -3.02. The van der Waals surface area contributed by atoms with Crippen molar-refractivity contribution in [2.75, 3.05) is 19.8 Å². The van der Waals surface area contributed by atoms with Crippen LogP contribution in [0.5, 0.6) is 0 Å². The molecule has 0 spiro atoms. The Kier molecular flexibility index (Phi) is 8.41. The molecule has 2 rings (SSSR count). The van der Waals surface area contributed by atoms with Gasteiger partial charge in [-0.1, -0.05) is 23.7 Å². The van der Waals surface area contributed by atoms with Crippen LogP contribution in [0.2, 0.25) is 5.02 Å². The Morgan fingerprint density at radius 2 is 1.40 bits per heavy atom. The second-order valence-electron chi connectivity index (χ2n) is 6.42. The molecular weight excluding hydrogens is 412 g/mol. The highest BCUT2D eigenvalue weighted by Gasteiger charge is 2.57. The van der Waals surface area contributed by atoms with E-state index in [1.165, 1.54) is 6.20 Å². The van der Waals surface area contributed by atoms with E-state index in [-0.39, 0.29) is 26.2 Å². The van der Waals surface area contributed by atoms with Crippen molar-refractivity contribution in [2.45, 2.75) is 33.7 Å². The normalized spacial score (nSPS) is 11.1. The van der Waals surface area contributed by atoms with Gasteiger partial charge in [-0.05, 0) is 44.0 Å². The van der Waals surface area contributed by atoms with Gasteiger partial charge >= 0.3 is 17.9 Å². The molecule has 2 aromatic rings. The Morgan fingerprint density at radius 3 is 1.87 bits per heavy atom. The molecule has 0 aliphatic rings. The predicted octanol–water partition coefficient (Wildman–Crippen LogP) is 2.80. The molecule has 0 radical (unpaired) electrons. The Hall–Kier alpha value is -2.87. The van der Waals surface area contributed by atoms with Crippen molar-refractivity contribution in [1.82, 2.24) is 9.78 Å². The number of halogens is 1. The number of carbonyl (C=O) groups excluding carboxylic acids is 3. The molecule has 30 heavy (non-hydrogen) atoms. The fourth-order valence-corrected chi connectivity index (χ4v) is 3.02. The zero-order valence-corrected chi connectivity index (χ0v) is 18.0. The third kappa shape index (κ3) is 5.38. The van der Waals surface area contributed by atoms with Gasteiger partial charge in [0.05, 0.1) is 32.6 Å². The lowest BCUT2D eigenvalue weighted by Crippen LogP contribution is -2.51. The van der Waals surface area contributed by atoms with Crippen LogP contribution < -0.4 is 0 Å². The molecule has 0 aliphatic heterocycles. The van der Waals surface area contributed by atoms with E-state index < -0.39 is 23.3 Å². The van der Waals surface area contributed by atoms with Crippen molar-refractivity contribution in [3.8, 4) is 0 Å². The Labute approximate surface area is 180 Å². The summed E-state index contributed by atoms with van der Waals surface area (Å²) in [5.41, 5.74) is -0.810. The summed E-state index contributed by atoms with van der Waals surface area (Å²) in [5, 5.41) is 4.89. The molecule has 1 heterocycles. The van der Waals surface area contributed by atoms with E-state index in [1.54, 1.807) is 43.8 Å². The molecule has 1 aromatic carbocycles. The molecule has 0 saturated carbocycles. The van der Waals surface area contributed by atoms with Crippen LogP contribution in [0.15, 0.2) is 36.7 Å². The summed E-state index contributed by atoms with van der Waals surface area (Å²) in [6.07, 6.45) is 2.85. The van der Waals surface area contributed by atoms with Crippen molar-refractivity contribution < 1.29 is 28.6 Å². The largest absolute Gasteiger partial charge is 0.465 e. The van der Waals surface area contributed by atoms with Gasteiger partial charge in [0.25, 0.3) is 5.41 Å². The average Bonchev–Trinajstić information content (AvgIpc) is 3.15. The van der Waals surface area contributed by atoms with Crippen molar-refractivity contribution in [3.05, 3.63) is 52.8 Å². The van der Waals surface area contributed by atoms with Crippen molar-refractivity contribution in [2.24, 2.45) is 5.41 Å². The first-order valence-electron chi connectivity index (χ1n) is 9.64. The summed E-state index contributed by atoms with van der Waals surface area (Å²) in [6, 6.07) is 7.27. The highest BCUT2D eigenvalue weighted by atomic mass is 35.5. The minimum absolute atomic E-state index is 0.00474. The predicted molar refractivity (Wildman–Crippen MR) is 109 cm³/mol. The van der Waals surface area contributed by atoms with E-state index in [9.17, 15) is 14.4 Å². The topological polar surface area (TPSA) is 96.7 Å². The second kappa shape index (κ2) is 10.8. The van der Waals surface area contributed by atoms with Gasteiger partial charge < -0.3 is 14.2 Å². The van der Waals surface area contributed by atoms with E-state index in [4.69, 9.17) is 25.8 Å². The SMILES string of the molecule is CCOC(=O)C(Cc1cnn(Cc2ccc(Cl)cc2)c1)(C(=O)OCC)C(=O)OCC. The summed E-state index contributed by atoms with van der Waals surface area (Å²) in [6.45, 7) is 5.19. The summed E-state index contributed by atoms with van der Waals surface area (Å²) >= 11 is 5.90. The zero-order chi connectivity index (χ0) is 22.1. The lowest BCUT2D eigenvalue weighted by molar-refractivity contribution is -0.183. The lowest BCUT2D eigenvalue weighted by atomic mass is 9.82. The molecule has 0 N–H and O–H groups in total.